The molecule has 5 nitrogen and oxygen atoms in total. The zero-order valence-electron chi connectivity index (χ0n) is 17.4. The van der Waals surface area contributed by atoms with E-state index in [0.717, 1.165) is 29.7 Å². The number of nitrogens with one attached hydrogen (secondary N) is 1. The molecule has 3 aromatic rings. The second-order valence-corrected chi connectivity index (χ2v) is 8.13. The van der Waals surface area contributed by atoms with Crippen LogP contribution >= 0.6 is 11.8 Å². The molecule has 0 aliphatic carbocycles. The molecule has 1 N–H and O–H groups in total. The lowest BCUT2D eigenvalue weighted by atomic mass is 10.1. The molecule has 29 heavy (non-hydrogen) atoms. The number of rotatable bonds is 7. The van der Waals surface area contributed by atoms with E-state index < -0.39 is 0 Å². The van der Waals surface area contributed by atoms with E-state index in [0.29, 0.717) is 16.1 Å². The van der Waals surface area contributed by atoms with E-state index in [-0.39, 0.29) is 23.3 Å². The maximum absolute atomic E-state index is 13.3. The van der Waals surface area contributed by atoms with Crippen molar-refractivity contribution in [3.63, 3.8) is 0 Å². The number of benzene rings is 2. The van der Waals surface area contributed by atoms with Crippen molar-refractivity contribution in [2.45, 2.75) is 51.7 Å². The first kappa shape index (κ1) is 21.1. The lowest BCUT2D eigenvalue weighted by Gasteiger charge is -2.16. The maximum Gasteiger partial charge on any atom is 0.266 e. The third-order valence-electron chi connectivity index (χ3n) is 5.18. The predicted octanol–water partition coefficient (Wildman–Crippen LogP) is 4.40. The van der Waals surface area contributed by atoms with Crippen molar-refractivity contribution >= 4 is 28.6 Å². The molecule has 0 spiro atoms. The summed E-state index contributed by atoms with van der Waals surface area (Å²) in [5.41, 5.74) is 3.54. The van der Waals surface area contributed by atoms with E-state index in [1.54, 1.807) is 10.6 Å². The lowest BCUT2D eigenvalue weighted by Crippen LogP contribution is -2.35. The number of aryl methyl sites for hydroxylation is 2. The highest BCUT2D eigenvalue weighted by Gasteiger charge is 2.16. The fraction of sp³-hybridized carbons (Fsp3) is 0.348. The fourth-order valence-corrected chi connectivity index (χ4v) is 4.02. The molecule has 3 rings (SSSR count). The molecule has 0 saturated carbocycles. The second-order valence-electron chi connectivity index (χ2n) is 7.19. The smallest absolute Gasteiger partial charge is 0.266 e. The van der Waals surface area contributed by atoms with Crippen LogP contribution in [0.1, 0.15) is 37.8 Å². The Balaban J connectivity index is 2.02. The summed E-state index contributed by atoms with van der Waals surface area (Å²) in [6.07, 6.45) is 1.79. The number of para-hydroxylation sites is 1. The SMILES string of the molecule is CCC(CC)NC(=O)CSc1nc2ccccc2c(=O)n1-c1ccc(C)c(C)c1. The van der Waals surface area contributed by atoms with Crippen LogP contribution < -0.4 is 10.9 Å². The summed E-state index contributed by atoms with van der Waals surface area (Å²) in [6.45, 7) is 8.18. The third kappa shape index (κ3) is 4.70. The first-order valence-corrected chi connectivity index (χ1v) is 10.9. The van der Waals surface area contributed by atoms with Crippen molar-refractivity contribution in [2.24, 2.45) is 0 Å². The van der Waals surface area contributed by atoms with Gasteiger partial charge in [0.1, 0.15) is 0 Å². The quantitative estimate of drug-likeness (QED) is 0.464. The molecule has 0 saturated heterocycles. The summed E-state index contributed by atoms with van der Waals surface area (Å²) in [7, 11) is 0. The van der Waals surface area contributed by atoms with Gasteiger partial charge in [0.05, 0.1) is 22.3 Å². The molecule has 2 aromatic carbocycles. The number of aromatic nitrogens is 2. The van der Waals surface area contributed by atoms with Crippen LogP contribution in [0.3, 0.4) is 0 Å². The maximum atomic E-state index is 13.3. The molecular weight excluding hydrogens is 382 g/mol. The van der Waals surface area contributed by atoms with Gasteiger partial charge in [-0.15, -0.1) is 0 Å². The van der Waals surface area contributed by atoms with Crippen LogP contribution in [-0.2, 0) is 4.79 Å². The zero-order chi connectivity index (χ0) is 21.0. The molecule has 1 heterocycles. The van der Waals surface area contributed by atoms with Gasteiger partial charge in [-0.05, 0) is 62.1 Å². The molecule has 0 aliphatic rings. The summed E-state index contributed by atoms with van der Waals surface area (Å²) in [4.78, 5) is 30.4. The average molecular weight is 410 g/mol. The van der Waals surface area contributed by atoms with E-state index in [9.17, 15) is 9.59 Å². The lowest BCUT2D eigenvalue weighted by molar-refractivity contribution is -0.119. The summed E-state index contributed by atoms with van der Waals surface area (Å²) in [5, 5.41) is 4.13. The van der Waals surface area contributed by atoms with Gasteiger partial charge in [-0.1, -0.05) is 43.8 Å². The first-order chi connectivity index (χ1) is 13.9. The highest BCUT2D eigenvalue weighted by atomic mass is 32.2. The minimum Gasteiger partial charge on any atom is -0.353 e. The second kappa shape index (κ2) is 9.27. The average Bonchev–Trinajstić information content (AvgIpc) is 2.72. The number of nitrogens with zero attached hydrogens (tertiary/aromatic N) is 2. The molecule has 6 heteroatoms. The summed E-state index contributed by atoms with van der Waals surface area (Å²) < 4.78 is 1.61. The standard InChI is InChI=1S/C23H27N3O2S/c1-5-17(6-2)24-21(27)14-29-23-25-20-10-8-7-9-19(20)22(28)26(23)18-12-11-15(3)16(4)13-18/h7-13,17H,5-6,14H2,1-4H3,(H,24,27). The van der Waals surface area contributed by atoms with E-state index in [1.165, 1.54) is 11.8 Å². The molecule has 0 radical (unpaired) electrons. The van der Waals surface area contributed by atoms with Crippen molar-refractivity contribution in [1.82, 2.24) is 14.9 Å². The van der Waals surface area contributed by atoms with Gasteiger partial charge in [-0.2, -0.15) is 0 Å². The number of carbonyl (C=O) groups excluding carboxylic acids is 1. The van der Waals surface area contributed by atoms with E-state index >= 15 is 0 Å². The molecule has 0 atom stereocenters. The third-order valence-corrected chi connectivity index (χ3v) is 6.12. The van der Waals surface area contributed by atoms with Gasteiger partial charge in [0, 0.05) is 6.04 Å². The van der Waals surface area contributed by atoms with Gasteiger partial charge in [0.2, 0.25) is 5.91 Å². The Labute approximate surface area is 175 Å². The molecule has 0 bridgehead atoms. The number of hydrogen-bond donors (Lipinski definition) is 1. The van der Waals surface area contributed by atoms with Crippen molar-refractivity contribution in [3.05, 3.63) is 63.9 Å². The number of carbonyl (C=O) groups is 1. The molecule has 0 aliphatic heterocycles. The van der Waals surface area contributed by atoms with Crippen LogP contribution in [0.4, 0.5) is 0 Å². The minimum atomic E-state index is -0.123. The highest BCUT2D eigenvalue weighted by Crippen LogP contribution is 2.22. The Hall–Kier alpha value is -2.60. The van der Waals surface area contributed by atoms with Crippen molar-refractivity contribution in [1.29, 1.82) is 0 Å². The Bertz CT molecular complexity index is 1090. The van der Waals surface area contributed by atoms with Crippen LogP contribution in [0, 0.1) is 13.8 Å². The number of hydrogen-bond acceptors (Lipinski definition) is 4. The number of fused-ring (bicyclic) bond motifs is 1. The molecular formula is C23H27N3O2S. The first-order valence-electron chi connectivity index (χ1n) is 9.96. The van der Waals surface area contributed by atoms with Crippen LogP contribution in [0.2, 0.25) is 0 Å². The van der Waals surface area contributed by atoms with Gasteiger partial charge in [0.25, 0.3) is 5.56 Å². The normalized spacial score (nSPS) is 11.2. The monoisotopic (exact) mass is 409 g/mol. The number of thioether (sulfide) groups is 1. The Morgan fingerprint density at radius 1 is 1.10 bits per heavy atom. The number of amides is 1. The van der Waals surface area contributed by atoms with Gasteiger partial charge >= 0.3 is 0 Å². The van der Waals surface area contributed by atoms with Crippen LogP contribution in [0.25, 0.3) is 16.6 Å². The van der Waals surface area contributed by atoms with E-state index in [2.05, 4.69) is 19.2 Å². The van der Waals surface area contributed by atoms with Crippen molar-refractivity contribution in [3.8, 4) is 5.69 Å². The van der Waals surface area contributed by atoms with Crippen LogP contribution in [-0.4, -0.2) is 27.3 Å². The molecule has 1 aromatic heterocycles. The predicted molar refractivity (Wildman–Crippen MR) is 120 cm³/mol. The van der Waals surface area contributed by atoms with Gasteiger partial charge in [-0.3, -0.25) is 14.2 Å². The molecule has 0 fully saturated rings. The van der Waals surface area contributed by atoms with Crippen LogP contribution in [0.5, 0.6) is 0 Å². The summed E-state index contributed by atoms with van der Waals surface area (Å²) >= 11 is 1.29. The molecule has 0 unspecified atom stereocenters. The largest absolute Gasteiger partial charge is 0.353 e. The van der Waals surface area contributed by atoms with Crippen LogP contribution in [0.15, 0.2) is 52.4 Å². The Morgan fingerprint density at radius 2 is 1.83 bits per heavy atom. The highest BCUT2D eigenvalue weighted by molar-refractivity contribution is 7.99. The zero-order valence-corrected chi connectivity index (χ0v) is 18.2. The summed E-state index contributed by atoms with van der Waals surface area (Å²) in [6, 6.07) is 13.4. The van der Waals surface area contributed by atoms with E-state index in [4.69, 9.17) is 4.98 Å². The van der Waals surface area contributed by atoms with Gasteiger partial charge in [0.15, 0.2) is 5.16 Å². The minimum absolute atomic E-state index is 0.0438. The molecule has 152 valence electrons. The van der Waals surface area contributed by atoms with Crippen molar-refractivity contribution in [2.75, 3.05) is 5.75 Å². The molecule has 1 amide bonds. The fourth-order valence-electron chi connectivity index (χ4n) is 3.19. The van der Waals surface area contributed by atoms with Crippen molar-refractivity contribution < 1.29 is 4.79 Å². The van der Waals surface area contributed by atoms with Gasteiger partial charge < -0.3 is 5.32 Å². The summed E-state index contributed by atoms with van der Waals surface area (Å²) in [5.74, 6) is 0.171. The Morgan fingerprint density at radius 3 is 2.52 bits per heavy atom. The van der Waals surface area contributed by atoms with E-state index in [1.807, 2.05) is 50.2 Å². The Kier molecular flexibility index (Phi) is 6.75. The van der Waals surface area contributed by atoms with Gasteiger partial charge in [-0.25, -0.2) is 4.98 Å². The topological polar surface area (TPSA) is 64.0 Å².